The van der Waals surface area contributed by atoms with Crippen LogP contribution in [0.15, 0.2) is 224 Å². The lowest BCUT2D eigenvalue weighted by Gasteiger charge is -2.33. The second-order valence-corrected chi connectivity index (χ2v) is 27.7. The van der Waals surface area contributed by atoms with E-state index in [1.807, 2.05) is 0 Å². The number of hydrogen-bond donors (Lipinski definition) is 0. The molecule has 0 amide bonds. The molecule has 0 saturated heterocycles. The molecule has 1 heterocycles. The molecule has 11 aromatic carbocycles. The molecule has 0 unspecified atom stereocenters. The molecule has 0 bridgehead atoms. The Bertz CT molecular complexity index is 4300. The van der Waals surface area contributed by atoms with E-state index in [-0.39, 0.29) is 21.7 Å². The molecule has 12 aromatic rings. The molecule has 0 aliphatic rings. The van der Waals surface area contributed by atoms with Crippen molar-refractivity contribution in [2.75, 3.05) is 9.80 Å². The maximum Gasteiger partial charge on any atom is 0.0887 e. The summed E-state index contributed by atoms with van der Waals surface area (Å²) < 4.78 is 1.21. The van der Waals surface area contributed by atoms with Crippen molar-refractivity contribution in [2.24, 2.45) is 0 Å². The third-order valence-corrected chi connectivity index (χ3v) is 18.0. The molecule has 0 radical (unpaired) electrons. The van der Waals surface area contributed by atoms with Crippen LogP contribution in [-0.2, 0) is 21.7 Å². The summed E-state index contributed by atoms with van der Waals surface area (Å²) in [6, 6.07) is 81.4. The smallest absolute Gasteiger partial charge is 0.0887 e. The third-order valence-electron chi connectivity index (χ3n) is 16.6. The second kappa shape index (κ2) is 20.8. The minimum absolute atomic E-state index is 0.00920. The van der Waals surface area contributed by atoms with Crippen LogP contribution in [0.3, 0.4) is 0 Å². The van der Waals surface area contributed by atoms with Gasteiger partial charge in [0.05, 0.1) is 27.8 Å². The van der Waals surface area contributed by atoms with Gasteiger partial charge in [0.25, 0.3) is 0 Å². The predicted octanol–water partition coefficient (Wildman–Crippen LogP) is 24.1. The Balaban J connectivity index is 1.09. The number of hydrogen-bond acceptors (Lipinski definition) is 3. The minimum atomic E-state index is -0.117. The fourth-order valence-corrected chi connectivity index (χ4v) is 12.9. The molecule has 0 fully saturated rings. The van der Waals surface area contributed by atoms with E-state index in [0.29, 0.717) is 5.02 Å². The zero-order valence-corrected chi connectivity index (χ0v) is 51.1. The van der Waals surface area contributed by atoms with E-state index in [4.69, 9.17) is 11.6 Å². The molecule has 0 aliphatic heterocycles. The molecule has 4 heteroatoms. The predicted molar refractivity (Wildman–Crippen MR) is 360 cm³/mol. The van der Waals surface area contributed by atoms with Crippen LogP contribution in [0, 0.1) is 0 Å². The van der Waals surface area contributed by atoms with Gasteiger partial charge in [-0.3, -0.25) is 0 Å². The van der Waals surface area contributed by atoms with Gasteiger partial charge in [0.15, 0.2) is 0 Å². The van der Waals surface area contributed by atoms with Crippen LogP contribution in [0.2, 0.25) is 5.02 Å². The number of fused-ring (bicyclic) bond motifs is 7. The molecule has 12 rings (SSSR count). The fourth-order valence-electron chi connectivity index (χ4n) is 11.7. The maximum atomic E-state index is 8.32. The van der Waals surface area contributed by atoms with Gasteiger partial charge in [-0.05, 0) is 171 Å². The van der Waals surface area contributed by atoms with E-state index in [9.17, 15) is 0 Å². The normalized spacial score (nSPS) is 12.5. The molecule has 82 heavy (non-hydrogen) atoms. The first-order chi connectivity index (χ1) is 39.1. The van der Waals surface area contributed by atoms with Crippen molar-refractivity contribution in [3.8, 4) is 33.4 Å². The number of rotatable bonds is 9. The van der Waals surface area contributed by atoms with Crippen LogP contribution in [0.5, 0.6) is 0 Å². The maximum absolute atomic E-state index is 8.32. The van der Waals surface area contributed by atoms with E-state index < -0.39 is 0 Å². The van der Waals surface area contributed by atoms with E-state index in [2.05, 4.69) is 317 Å². The monoisotopic (exact) mass is 1100 g/mol. The lowest BCUT2D eigenvalue weighted by Crippen LogP contribution is -2.17. The Hall–Kier alpha value is -7.95. The fraction of sp³-hybridized carbons (Fsp3) is 0.205. The van der Waals surface area contributed by atoms with Crippen molar-refractivity contribution in [3.63, 3.8) is 0 Å². The third kappa shape index (κ3) is 10.3. The van der Waals surface area contributed by atoms with Gasteiger partial charge < -0.3 is 9.80 Å². The van der Waals surface area contributed by atoms with Crippen molar-refractivity contribution >= 4 is 99.5 Å². The SMILES string of the molecule is CC(C)(C)c1ccc(N(c2ccc(C(C)(C)C)cc2-c2ccc3c4ccccc4c4ccccc4c3c2)c2cccc(N(c3ccc(-c4cc(C(C)(C)C)cc(C(C)(C)C)c4)cc3)c3csc4ccc(-c5ccccc5)cc34)c2Cl)cc1. The summed E-state index contributed by atoms with van der Waals surface area (Å²) >= 11 is 10.1. The summed E-state index contributed by atoms with van der Waals surface area (Å²) in [5, 5.41) is 11.6. The van der Waals surface area contributed by atoms with Gasteiger partial charge in [0.2, 0.25) is 0 Å². The van der Waals surface area contributed by atoms with Gasteiger partial charge in [-0.2, -0.15) is 0 Å². The van der Waals surface area contributed by atoms with Crippen molar-refractivity contribution in [2.45, 2.75) is 105 Å². The zero-order chi connectivity index (χ0) is 57.5. The number of halogens is 1. The van der Waals surface area contributed by atoms with Crippen molar-refractivity contribution in [3.05, 3.63) is 251 Å². The second-order valence-electron chi connectivity index (χ2n) is 26.5. The highest BCUT2D eigenvalue weighted by Crippen LogP contribution is 2.52. The van der Waals surface area contributed by atoms with Crippen molar-refractivity contribution in [1.82, 2.24) is 0 Å². The van der Waals surface area contributed by atoms with E-state index >= 15 is 0 Å². The van der Waals surface area contributed by atoms with Gasteiger partial charge in [0.1, 0.15) is 0 Å². The lowest BCUT2D eigenvalue weighted by molar-refractivity contribution is 0.569. The molecule has 1 aromatic heterocycles. The highest BCUT2D eigenvalue weighted by molar-refractivity contribution is 7.17. The van der Waals surface area contributed by atoms with E-state index in [1.165, 1.54) is 81.5 Å². The first-order valence-electron chi connectivity index (χ1n) is 28.9. The molecule has 2 nitrogen and oxygen atoms in total. The van der Waals surface area contributed by atoms with Crippen LogP contribution >= 0.6 is 22.9 Å². The molecule has 0 aliphatic carbocycles. The number of nitrogens with zero attached hydrogens (tertiary/aromatic N) is 2. The average molecular weight is 1110 g/mol. The molecule has 0 N–H and O–H groups in total. The Kier molecular flexibility index (Phi) is 13.9. The quantitative estimate of drug-likeness (QED) is 0.133. The summed E-state index contributed by atoms with van der Waals surface area (Å²) in [6.07, 6.45) is 0. The van der Waals surface area contributed by atoms with Crippen LogP contribution in [0.4, 0.5) is 34.1 Å². The summed E-state index contributed by atoms with van der Waals surface area (Å²) in [5.41, 5.74) is 17.9. The number of thiophene rings is 1. The van der Waals surface area contributed by atoms with Gasteiger partial charge in [-0.25, -0.2) is 0 Å². The van der Waals surface area contributed by atoms with E-state index in [1.54, 1.807) is 11.3 Å². The van der Waals surface area contributed by atoms with Gasteiger partial charge in [-0.15, -0.1) is 11.3 Å². The summed E-state index contributed by atoms with van der Waals surface area (Å²) in [6.45, 7) is 27.6. The van der Waals surface area contributed by atoms with Gasteiger partial charge in [-0.1, -0.05) is 246 Å². The molecule has 0 spiro atoms. The average Bonchev–Trinajstić information content (AvgIpc) is 2.66. The standard InChI is InChI=1S/C78H73ClN2S/c1-75(2,3)55-33-38-60(39-34-55)80(69-41-35-56(76(4,5)6)48-66(69)53-31-40-65-63-25-17-16-23-61(63)62-24-18-19-26-64(62)67(65)46-53)70-27-20-28-71(74(70)79)81(72-49-82-73-42-32-52(45-68(72)73)50-21-14-13-15-22-50)59-36-29-51(30-37-59)54-43-57(77(7,8)9)47-58(44-54)78(10,11)12/h13-49H,1-12H3. The summed E-state index contributed by atoms with van der Waals surface area (Å²) in [5.74, 6) is 0. The Morgan fingerprint density at radius 1 is 0.293 bits per heavy atom. The largest absolute Gasteiger partial charge is 0.308 e. The first kappa shape index (κ1) is 54.6. The molecular formula is C78H73ClN2S. The number of benzene rings is 11. The molecule has 0 atom stereocenters. The van der Waals surface area contributed by atoms with E-state index in [0.717, 1.165) is 50.6 Å². The molecular weight excluding hydrogens is 1030 g/mol. The van der Waals surface area contributed by atoms with Crippen LogP contribution in [0.1, 0.15) is 105 Å². The Morgan fingerprint density at radius 3 is 1.30 bits per heavy atom. The van der Waals surface area contributed by atoms with Gasteiger partial charge >= 0.3 is 0 Å². The zero-order valence-electron chi connectivity index (χ0n) is 49.5. The van der Waals surface area contributed by atoms with Crippen LogP contribution in [0.25, 0.3) is 75.8 Å². The summed E-state index contributed by atoms with van der Waals surface area (Å²) in [4.78, 5) is 4.79. The van der Waals surface area contributed by atoms with Crippen LogP contribution < -0.4 is 9.80 Å². The summed E-state index contributed by atoms with van der Waals surface area (Å²) in [7, 11) is 0. The highest BCUT2D eigenvalue weighted by atomic mass is 35.5. The topological polar surface area (TPSA) is 6.48 Å². The highest BCUT2D eigenvalue weighted by Gasteiger charge is 2.29. The van der Waals surface area contributed by atoms with Crippen LogP contribution in [-0.4, -0.2) is 0 Å². The first-order valence-corrected chi connectivity index (χ1v) is 30.2. The minimum Gasteiger partial charge on any atom is -0.308 e. The molecule has 408 valence electrons. The van der Waals surface area contributed by atoms with Gasteiger partial charge in [0, 0.05) is 32.4 Å². The Labute approximate surface area is 495 Å². The number of anilines is 6. The molecule has 0 saturated carbocycles. The Morgan fingerprint density at radius 2 is 0.744 bits per heavy atom. The lowest BCUT2D eigenvalue weighted by atomic mass is 9.79. The van der Waals surface area contributed by atoms with Crippen molar-refractivity contribution < 1.29 is 0 Å². The van der Waals surface area contributed by atoms with Crippen molar-refractivity contribution in [1.29, 1.82) is 0 Å².